The molecule has 0 aliphatic heterocycles. The molecule has 17 heavy (non-hydrogen) atoms. The van der Waals surface area contributed by atoms with E-state index in [2.05, 4.69) is 0 Å². The largest absolute Gasteiger partial charge is 0.229 e. The van der Waals surface area contributed by atoms with Crippen LogP contribution in [0.5, 0.6) is 0 Å². The van der Waals surface area contributed by atoms with Gasteiger partial charge in [-0.15, -0.1) is 0 Å². The molecular weight excluding hydrogens is 232 g/mol. The highest BCUT2D eigenvalue weighted by Crippen LogP contribution is 2.61. The van der Waals surface area contributed by atoms with Gasteiger partial charge in [0, 0.05) is 6.26 Å². The molecule has 2 nitrogen and oxygen atoms in total. The van der Waals surface area contributed by atoms with Gasteiger partial charge in [0.15, 0.2) is 0 Å². The second-order valence-electron chi connectivity index (χ2n) is 7.26. The molecule has 3 heteroatoms. The number of sulfone groups is 1. The molecule has 0 aromatic rings. The second-order valence-corrected chi connectivity index (χ2v) is 9.73. The Labute approximate surface area is 105 Å². The molecule has 0 amide bonds. The minimum Gasteiger partial charge on any atom is -0.229 e. The second kappa shape index (κ2) is 3.72. The number of hydrogen-bond donors (Lipinski definition) is 0. The molecule has 4 fully saturated rings. The third-order valence-corrected chi connectivity index (χ3v) is 7.24. The Morgan fingerprint density at radius 1 is 1.06 bits per heavy atom. The minimum absolute atomic E-state index is 0.140. The van der Waals surface area contributed by atoms with E-state index in [1.807, 2.05) is 6.92 Å². The monoisotopic (exact) mass is 256 g/mol. The first-order valence-electron chi connectivity index (χ1n) is 7.05. The zero-order chi connectivity index (χ0) is 12.3. The highest BCUT2D eigenvalue weighted by atomic mass is 32.2. The maximum absolute atomic E-state index is 11.7. The van der Waals surface area contributed by atoms with Crippen LogP contribution in [0.25, 0.3) is 0 Å². The summed E-state index contributed by atoms with van der Waals surface area (Å²) < 4.78 is 23.3. The summed E-state index contributed by atoms with van der Waals surface area (Å²) in [5.41, 5.74) is 0.400. The Bertz CT molecular complexity index is 375. The van der Waals surface area contributed by atoms with Crippen molar-refractivity contribution in [3.8, 4) is 0 Å². The topological polar surface area (TPSA) is 34.1 Å². The van der Waals surface area contributed by atoms with Crippen LogP contribution in [0.1, 0.15) is 51.9 Å². The van der Waals surface area contributed by atoms with Crippen LogP contribution >= 0.6 is 0 Å². The molecule has 0 spiro atoms. The van der Waals surface area contributed by atoms with E-state index < -0.39 is 9.84 Å². The zero-order valence-electron chi connectivity index (χ0n) is 11.0. The van der Waals surface area contributed by atoms with Crippen LogP contribution in [0.3, 0.4) is 0 Å². The van der Waals surface area contributed by atoms with Crippen LogP contribution in [-0.4, -0.2) is 19.9 Å². The van der Waals surface area contributed by atoms with Crippen LogP contribution in [-0.2, 0) is 9.84 Å². The molecule has 4 rings (SSSR count). The molecule has 0 aromatic carbocycles. The molecule has 0 radical (unpaired) electrons. The lowest BCUT2D eigenvalue weighted by atomic mass is 9.48. The lowest BCUT2D eigenvalue weighted by Crippen LogP contribution is -2.47. The van der Waals surface area contributed by atoms with Crippen molar-refractivity contribution in [2.24, 2.45) is 23.2 Å². The van der Waals surface area contributed by atoms with Crippen molar-refractivity contribution >= 4 is 9.84 Å². The summed E-state index contributed by atoms with van der Waals surface area (Å²) in [5, 5.41) is -0.140. The summed E-state index contributed by atoms with van der Waals surface area (Å²) in [6.07, 6.45) is 10.6. The maximum Gasteiger partial charge on any atom is 0.150 e. The first kappa shape index (κ1) is 12.0. The van der Waals surface area contributed by atoms with Crippen LogP contribution in [0, 0.1) is 23.2 Å². The Balaban J connectivity index is 1.78. The van der Waals surface area contributed by atoms with Crippen molar-refractivity contribution in [3.05, 3.63) is 0 Å². The summed E-state index contributed by atoms with van der Waals surface area (Å²) in [7, 11) is -2.85. The van der Waals surface area contributed by atoms with Crippen molar-refractivity contribution in [2.75, 3.05) is 6.26 Å². The van der Waals surface area contributed by atoms with E-state index in [0.29, 0.717) is 5.41 Å². The first-order valence-corrected chi connectivity index (χ1v) is 9.01. The van der Waals surface area contributed by atoms with Gasteiger partial charge in [0.05, 0.1) is 5.25 Å². The molecule has 4 aliphatic rings. The van der Waals surface area contributed by atoms with Crippen molar-refractivity contribution in [1.82, 2.24) is 0 Å². The molecule has 4 saturated carbocycles. The number of hydrogen-bond acceptors (Lipinski definition) is 2. The van der Waals surface area contributed by atoms with Crippen LogP contribution in [0.15, 0.2) is 0 Å². The average molecular weight is 256 g/mol. The summed E-state index contributed by atoms with van der Waals surface area (Å²) in [6, 6.07) is 0. The fourth-order valence-corrected chi connectivity index (χ4v) is 5.96. The zero-order valence-corrected chi connectivity index (χ0v) is 11.8. The van der Waals surface area contributed by atoms with Crippen molar-refractivity contribution in [3.63, 3.8) is 0 Å². The quantitative estimate of drug-likeness (QED) is 0.778. The van der Waals surface area contributed by atoms with Crippen LogP contribution < -0.4 is 0 Å². The molecule has 0 heterocycles. The summed E-state index contributed by atoms with van der Waals surface area (Å²) in [5.74, 6) is 2.77. The summed E-state index contributed by atoms with van der Waals surface area (Å²) >= 11 is 0. The lowest BCUT2D eigenvalue weighted by Gasteiger charge is -2.57. The molecule has 0 N–H and O–H groups in total. The Morgan fingerprint density at radius 3 is 1.82 bits per heavy atom. The minimum atomic E-state index is -2.85. The third kappa shape index (κ3) is 2.16. The van der Waals surface area contributed by atoms with Gasteiger partial charge in [-0.25, -0.2) is 8.42 Å². The van der Waals surface area contributed by atoms with Crippen molar-refractivity contribution in [2.45, 2.75) is 57.1 Å². The average Bonchev–Trinajstić information content (AvgIpc) is 2.12. The molecule has 98 valence electrons. The Kier molecular flexibility index (Phi) is 2.63. The highest BCUT2D eigenvalue weighted by Gasteiger charge is 2.51. The van der Waals surface area contributed by atoms with Gasteiger partial charge < -0.3 is 0 Å². The third-order valence-electron chi connectivity index (χ3n) is 5.62. The van der Waals surface area contributed by atoms with E-state index in [1.54, 1.807) is 0 Å². The van der Waals surface area contributed by atoms with Crippen molar-refractivity contribution in [1.29, 1.82) is 0 Å². The summed E-state index contributed by atoms with van der Waals surface area (Å²) in [4.78, 5) is 0. The normalized spacial score (nSPS) is 46.1. The molecule has 4 aliphatic carbocycles. The first-order chi connectivity index (χ1) is 7.86. The van der Waals surface area contributed by atoms with Gasteiger partial charge in [-0.05, 0) is 75.0 Å². The smallest absolute Gasteiger partial charge is 0.150 e. The van der Waals surface area contributed by atoms with Gasteiger partial charge in [0.2, 0.25) is 0 Å². The molecule has 0 saturated heterocycles. The lowest BCUT2D eigenvalue weighted by molar-refractivity contribution is -0.0569. The predicted molar refractivity (Wildman–Crippen MR) is 69.5 cm³/mol. The molecular formula is C14H24O2S. The molecule has 0 aromatic heterocycles. The van der Waals surface area contributed by atoms with E-state index in [4.69, 9.17) is 0 Å². The summed E-state index contributed by atoms with van der Waals surface area (Å²) in [6.45, 7) is 1.91. The van der Waals surface area contributed by atoms with E-state index in [1.165, 1.54) is 44.8 Å². The van der Waals surface area contributed by atoms with Gasteiger partial charge in [-0.1, -0.05) is 0 Å². The van der Waals surface area contributed by atoms with E-state index >= 15 is 0 Å². The standard InChI is InChI=1S/C14H24O2S/c1-10(17(2,15)16)6-14-7-11-3-12(8-14)5-13(4-11)9-14/h10-13H,3-9H2,1-2H3. The molecule has 1 unspecified atom stereocenters. The van der Waals surface area contributed by atoms with E-state index in [9.17, 15) is 8.42 Å². The highest BCUT2D eigenvalue weighted by molar-refractivity contribution is 7.91. The predicted octanol–water partition coefficient (Wildman–Crippen LogP) is 3.03. The van der Waals surface area contributed by atoms with Crippen LogP contribution in [0.4, 0.5) is 0 Å². The Hall–Kier alpha value is -0.0500. The maximum atomic E-state index is 11.7. The van der Waals surface area contributed by atoms with Gasteiger partial charge in [-0.3, -0.25) is 0 Å². The van der Waals surface area contributed by atoms with E-state index in [-0.39, 0.29) is 5.25 Å². The molecule has 1 atom stereocenters. The van der Waals surface area contributed by atoms with E-state index in [0.717, 1.165) is 24.2 Å². The van der Waals surface area contributed by atoms with Gasteiger partial charge in [-0.2, -0.15) is 0 Å². The fraction of sp³-hybridized carbons (Fsp3) is 1.00. The van der Waals surface area contributed by atoms with Gasteiger partial charge in [0.1, 0.15) is 9.84 Å². The Morgan fingerprint density at radius 2 is 1.47 bits per heavy atom. The van der Waals surface area contributed by atoms with Crippen molar-refractivity contribution < 1.29 is 8.42 Å². The fourth-order valence-electron chi connectivity index (χ4n) is 5.30. The number of rotatable bonds is 3. The van der Waals surface area contributed by atoms with Gasteiger partial charge >= 0.3 is 0 Å². The van der Waals surface area contributed by atoms with Gasteiger partial charge in [0.25, 0.3) is 0 Å². The molecule has 4 bridgehead atoms. The van der Waals surface area contributed by atoms with Crippen LogP contribution in [0.2, 0.25) is 0 Å². The SMILES string of the molecule is CC(CC12CC3CC(CC(C3)C1)C2)S(C)(=O)=O.